The summed E-state index contributed by atoms with van der Waals surface area (Å²) in [6, 6.07) is 11.2. The fourth-order valence-electron chi connectivity index (χ4n) is 3.67. The summed E-state index contributed by atoms with van der Waals surface area (Å²) in [5, 5.41) is 6.97. The fourth-order valence-corrected chi connectivity index (χ4v) is 3.67. The monoisotopic (exact) mass is 530 g/mol. The second-order valence-corrected chi connectivity index (χ2v) is 8.63. The van der Waals surface area contributed by atoms with Gasteiger partial charge in [-0.1, -0.05) is 37.3 Å². The molecule has 172 valence electrons. The van der Waals surface area contributed by atoms with Crippen molar-refractivity contribution in [1.29, 1.82) is 0 Å². The van der Waals surface area contributed by atoms with Crippen LogP contribution < -0.4 is 10.6 Å². The van der Waals surface area contributed by atoms with Crippen molar-refractivity contribution in [2.75, 3.05) is 67.0 Å². The van der Waals surface area contributed by atoms with E-state index in [9.17, 15) is 0 Å². The van der Waals surface area contributed by atoms with Crippen LogP contribution in [0.2, 0.25) is 0 Å². The van der Waals surface area contributed by atoms with Crippen LogP contribution in [0.5, 0.6) is 0 Å². The lowest BCUT2D eigenvalue weighted by Crippen LogP contribution is -2.47. The molecule has 0 spiro atoms. The average Bonchev–Trinajstić information content (AvgIpc) is 2.72. The summed E-state index contributed by atoms with van der Waals surface area (Å²) in [6.07, 6.45) is 1.08. The summed E-state index contributed by atoms with van der Waals surface area (Å²) in [6.45, 7) is 13.4. The molecule has 1 aromatic rings. The first-order valence-corrected chi connectivity index (χ1v) is 11.1. The van der Waals surface area contributed by atoms with Crippen LogP contribution in [0.4, 0.5) is 0 Å². The predicted molar refractivity (Wildman–Crippen MR) is 140 cm³/mol. The lowest BCUT2D eigenvalue weighted by atomic mass is 10.1. The van der Waals surface area contributed by atoms with Gasteiger partial charge in [0.25, 0.3) is 0 Å². The lowest BCUT2D eigenvalue weighted by Gasteiger charge is -2.34. The molecule has 1 fully saturated rings. The third kappa shape index (κ3) is 10.4. The van der Waals surface area contributed by atoms with Crippen LogP contribution in [0.25, 0.3) is 0 Å². The molecular formula is C23H43IN6. The van der Waals surface area contributed by atoms with Gasteiger partial charge in [-0.2, -0.15) is 0 Å². The number of rotatable bonds is 10. The topological polar surface area (TPSA) is 46.1 Å². The molecule has 0 bridgehead atoms. The molecule has 1 heterocycles. The number of benzene rings is 1. The van der Waals surface area contributed by atoms with E-state index in [1.807, 2.05) is 7.05 Å². The number of halogens is 1. The summed E-state index contributed by atoms with van der Waals surface area (Å²) >= 11 is 0. The van der Waals surface area contributed by atoms with Gasteiger partial charge >= 0.3 is 0 Å². The second kappa shape index (κ2) is 15.0. The molecule has 0 amide bonds. The summed E-state index contributed by atoms with van der Waals surface area (Å²) in [5.74, 6) is 1.51. The SMILES string of the molecule is CN=C(NCCC(C)N(C)Cc1ccccc1)NCC(C)CN1CCN(C)CC1.I. The van der Waals surface area contributed by atoms with Gasteiger partial charge in [0.2, 0.25) is 0 Å². The highest BCUT2D eigenvalue weighted by Gasteiger charge is 2.16. The lowest BCUT2D eigenvalue weighted by molar-refractivity contribution is 0.139. The molecule has 2 N–H and O–H groups in total. The highest BCUT2D eigenvalue weighted by atomic mass is 127. The van der Waals surface area contributed by atoms with Crippen LogP contribution in [0.15, 0.2) is 35.3 Å². The van der Waals surface area contributed by atoms with E-state index in [1.54, 1.807) is 0 Å². The van der Waals surface area contributed by atoms with Crippen LogP contribution in [-0.4, -0.2) is 93.7 Å². The van der Waals surface area contributed by atoms with Crippen LogP contribution >= 0.6 is 24.0 Å². The maximum atomic E-state index is 4.39. The Morgan fingerprint density at radius 1 is 1.10 bits per heavy atom. The van der Waals surface area contributed by atoms with Gasteiger partial charge in [-0.3, -0.25) is 9.89 Å². The number of likely N-dealkylation sites (N-methyl/N-ethyl adjacent to an activating group) is 1. The summed E-state index contributed by atoms with van der Waals surface area (Å²) in [5.41, 5.74) is 1.36. The van der Waals surface area contributed by atoms with E-state index in [2.05, 4.69) is 88.6 Å². The first-order valence-electron chi connectivity index (χ1n) is 11.1. The Morgan fingerprint density at radius 3 is 2.40 bits per heavy atom. The fraction of sp³-hybridized carbons (Fsp3) is 0.696. The van der Waals surface area contributed by atoms with E-state index < -0.39 is 0 Å². The van der Waals surface area contributed by atoms with Gasteiger partial charge in [-0.05, 0) is 38.9 Å². The van der Waals surface area contributed by atoms with Gasteiger partial charge < -0.3 is 20.4 Å². The molecule has 2 unspecified atom stereocenters. The molecule has 2 atom stereocenters. The van der Waals surface area contributed by atoms with Gasteiger partial charge in [0, 0.05) is 65.4 Å². The van der Waals surface area contributed by atoms with E-state index in [0.717, 1.165) is 38.6 Å². The number of nitrogens with one attached hydrogen (secondary N) is 2. The molecule has 0 aromatic heterocycles. The second-order valence-electron chi connectivity index (χ2n) is 8.63. The smallest absolute Gasteiger partial charge is 0.190 e. The first-order chi connectivity index (χ1) is 14.0. The van der Waals surface area contributed by atoms with Gasteiger partial charge in [0.05, 0.1) is 0 Å². The maximum Gasteiger partial charge on any atom is 0.190 e. The Kier molecular flexibility index (Phi) is 13.6. The average molecular weight is 531 g/mol. The Bertz CT molecular complexity index is 589. The van der Waals surface area contributed by atoms with E-state index in [0.29, 0.717) is 12.0 Å². The highest BCUT2D eigenvalue weighted by Crippen LogP contribution is 2.08. The van der Waals surface area contributed by atoms with Crippen LogP contribution in [0, 0.1) is 5.92 Å². The Morgan fingerprint density at radius 2 is 1.77 bits per heavy atom. The molecule has 1 aliphatic rings. The molecule has 2 rings (SSSR count). The molecule has 1 aromatic carbocycles. The maximum absolute atomic E-state index is 4.39. The molecule has 0 saturated carbocycles. The summed E-state index contributed by atoms with van der Waals surface area (Å²) in [4.78, 5) is 11.8. The van der Waals surface area contributed by atoms with E-state index in [4.69, 9.17) is 0 Å². The van der Waals surface area contributed by atoms with Crippen LogP contribution in [-0.2, 0) is 6.54 Å². The number of hydrogen-bond acceptors (Lipinski definition) is 4. The molecule has 7 heteroatoms. The van der Waals surface area contributed by atoms with Crippen molar-refractivity contribution in [3.8, 4) is 0 Å². The molecule has 6 nitrogen and oxygen atoms in total. The number of nitrogens with zero attached hydrogens (tertiary/aromatic N) is 4. The highest BCUT2D eigenvalue weighted by molar-refractivity contribution is 14.0. The normalized spacial score (nSPS) is 18.0. The minimum atomic E-state index is 0. The largest absolute Gasteiger partial charge is 0.356 e. The molecule has 30 heavy (non-hydrogen) atoms. The first kappa shape index (κ1) is 27.1. The van der Waals surface area contributed by atoms with Crippen molar-refractivity contribution in [3.63, 3.8) is 0 Å². The van der Waals surface area contributed by atoms with E-state index >= 15 is 0 Å². The number of guanidine groups is 1. The molecule has 1 saturated heterocycles. The molecule has 1 aliphatic heterocycles. The van der Waals surface area contributed by atoms with Crippen molar-refractivity contribution in [2.24, 2.45) is 10.9 Å². The number of aliphatic imine (C=N–C) groups is 1. The Hall–Kier alpha value is -0.900. The zero-order valence-electron chi connectivity index (χ0n) is 19.6. The molecular weight excluding hydrogens is 487 g/mol. The third-order valence-corrected chi connectivity index (χ3v) is 5.89. The van der Waals surface area contributed by atoms with Crippen LogP contribution in [0.3, 0.4) is 0 Å². The quantitative estimate of drug-likeness (QED) is 0.277. The van der Waals surface area contributed by atoms with Crippen molar-refractivity contribution in [2.45, 2.75) is 32.9 Å². The Labute approximate surface area is 201 Å². The zero-order chi connectivity index (χ0) is 21.1. The van der Waals surface area contributed by atoms with Gasteiger partial charge in [-0.25, -0.2) is 0 Å². The van der Waals surface area contributed by atoms with Gasteiger partial charge in [0.1, 0.15) is 0 Å². The third-order valence-electron chi connectivity index (χ3n) is 5.89. The standard InChI is InChI=1S/C23H42N6.HI/c1-20(18-29-15-13-27(4)14-16-29)17-26-23(24-3)25-12-11-21(2)28(5)19-22-9-7-6-8-10-22;/h6-10,20-21H,11-19H2,1-5H3,(H2,24,25,26);1H. The van der Waals surface area contributed by atoms with Gasteiger partial charge in [0.15, 0.2) is 5.96 Å². The number of hydrogen-bond donors (Lipinski definition) is 2. The molecule has 0 aliphatic carbocycles. The molecule has 0 radical (unpaired) electrons. The zero-order valence-corrected chi connectivity index (χ0v) is 21.9. The minimum Gasteiger partial charge on any atom is -0.356 e. The predicted octanol–water partition coefficient (Wildman–Crippen LogP) is 2.56. The van der Waals surface area contributed by atoms with Crippen molar-refractivity contribution < 1.29 is 0 Å². The van der Waals surface area contributed by atoms with Crippen LogP contribution in [0.1, 0.15) is 25.8 Å². The summed E-state index contributed by atoms with van der Waals surface area (Å²) in [7, 11) is 6.26. The summed E-state index contributed by atoms with van der Waals surface area (Å²) < 4.78 is 0. The van der Waals surface area contributed by atoms with Gasteiger partial charge in [-0.15, -0.1) is 24.0 Å². The van der Waals surface area contributed by atoms with Crippen molar-refractivity contribution >= 4 is 29.9 Å². The van der Waals surface area contributed by atoms with Crippen molar-refractivity contribution in [1.82, 2.24) is 25.3 Å². The van der Waals surface area contributed by atoms with E-state index in [-0.39, 0.29) is 24.0 Å². The van der Waals surface area contributed by atoms with Crippen molar-refractivity contribution in [3.05, 3.63) is 35.9 Å². The Balaban J connectivity index is 0.00000450. The number of piperazine rings is 1. The minimum absolute atomic E-state index is 0. The van der Waals surface area contributed by atoms with E-state index in [1.165, 1.54) is 31.7 Å².